The topological polar surface area (TPSA) is 66.4 Å². The predicted octanol–water partition coefficient (Wildman–Crippen LogP) is 4.12. The summed E-state index contributed by atoms with van der Waals surface area (Å²) in [4.78, 5) is 24.4. The summed E-state index contributed by atoms with van der Waals surface area (Å²) in [6.45, 7) is 6.36. The molecule has 136 valence electrons. The number of nitrogens with one attached hydrogen (secondary N) is 1. The standard InChI is InChI=1S/C21H29NO3/c1-4-12(2)14-5-7-15(8-6-14)13(3)22-20(23)18-16-9-10-17(11-16)19(18)21(24)25/h5-8,12-13,16-19H,4,9-11H2,1-3H3,(H,22,23)(H,24,25)/t12-,13-,16-,17-,18-,19+/m0/s1. The molecule has 0 aromatic heterocycles. The highest BCUT2D eigenvalue weighted by atomic mass is 16.4. The van der Waals surface area contributed by atoms with Crippen molar-refractivity contribution in [2.24, 2.45) is 23.7 Å². The smallest absolute Gasteiger partial charge is 0.307 e. The minimum absolute atomic E-state index is 0.0851. The van der Waals surface area contributed by atoms with Crippen LogP contribution in [-0.2, 0) is 9.59 Å². The van der Waals surface area contributed by atoms with Crippen molar-refractivity contribution >= 4 is 11.9 Å². The molecule has 2 fully saturated rings. The van der Waals surface area contributed by atoms with Gasteiger partial charge in [0.15, 0.2) is 0 Å². The summed E-state index contributed by atoms with van der Waals surface area (Å²) in [6, 6.07) is 8.30. The summed E-state index contributed by atoms with van der Waals surface area (Å²) in [5, 5.41) is 12.6. The van der Waals surface area contributed by atoms with Crippen molar-refractivity contribution in [2.75, 3.05) is 0 Å². The Bertz CT molecular complexity index is 639. The molecule has 4 nitrogen and oxygen atoms in total. The molecule has 2 aliphatic carbocycles. The van der Waals surface area contributed by atoms with Gasteiger partial charge in [-0.15, -0.1) is 0 Å². The summed E-state index contributed by atoms with van der Waals surface area (Å²) in [7, 11) is 0. The van der Waals surface area contributed by atoms with Gasteiger partial charge in [0.2, 0.25) is 5.91 Å². The first-order valence-corrected chi connectivity index (χ1v) is 9.55. The minimum Gasteiger partial charge on any atom is -0.481 e. The minimum atomic E-state index is -0.807. The first kappa shape index (κ1) is 18.0. The van der Waals surface area contributed by atoms with Gasteiger partial charge < -0.3 is 10.4 Å². The van der Waals surface area contributed by atoms with Crippen LogP contribution >= 0.6 is 0 Å². The van der Waals surface area contributed by atoms with Crippen LogP contribution in [0.4, 0.5) is 0 Å². The summed E-state index contributed by atoms with van der Waals surface area (Å²) in [6.07, 6.45) is 3.95. The van der Waals surface area contributed by atoms with E-state index in [9.17, 15) is 14.7 Å². The van der Waals surface area contributed by atoms with Gasteiger partial charge >= 0.3 is 5.97 Å². The van der Waals surface area contributed by atoms with E-state index >= 15 is 0 Å². The molecule has 25 heavy (non-hydrogen) atoms. The molecule has 1 aromatic carbocycles. The van der Waals surface area contributed by atoms with Crippen molar-refractivity contribution in [1.82, 2.24) is 5.32 Å². The molecule has 1 amide bonds. The van der Waals surface area contributed by atoms with Gasteiger partial charge in [0.1, 0.15) is 0 Å². The van der Waals surface area contributed by atoms with Crippen LogP contribution in [0, 0.1) is 23.7 Å². The molecule has 0 aliphatic heterocycles. The van der Waals surface area contributed by atoms with Crippen LogP contribution in [0.15, 0.2) is 24.3 Å². The van der Waals surface area contributed by atoms with Gasteiger partial charge in [0.05, 0.1) is 17.9 Å². The number of carboxylic acid groups (broad SMARTS) is 1. The molecular formula is C21H29NO3. The molecule has 0 radical (unpaired) electrons. The fourth-order valence-corrected chi connectivity index (χ4v) is 4.77. The van der Waals surface area contributed by atoms with Crippen molar-refractivity contribution in [3.63, 3.8) is 0 Å². The number of hydrogen-bond acceptors (Lipinski definition) is 2. The Labute approximate surface area is 150 Å². The van der Waals surface area contributed by atoms with Crippen LogP contribution in [0.1, 0.15) is 69.5 Å². The lowest BCUT2D eigenvalue weighted by atomic mass is 9.78. The van der Waals surface area contributed by atoms with E-state index in [1.165, 1.54) is 5.56 Å². The first-order valence-electron chi connectivity index (χ1n) is 9.55. The number of carboxylic acids is 1. The van der Waals surface area contributed by atoms with Gasteiger partial charge in [-0.3, -0.25) is 9.59 Å². The molecule has 2 N–H and O–H groups in total. The summed E-state index contributed by atoms with van der Waals surface area (Å²) in [5.74, 6) is -0.799. The second kappa shape index (κ2) is 7.19. The Morgan fingerprint density at radius 3 is 2.20 bits per heavy atom. The highest BCUT2D eigenvalue weighted by Crippen LogP contribution is 2.52. The van der Waals surface area contributed by atoms with Crippen LogP contribution in [0.25, 0.3) is 0 Å². The molecule has 6 atom stereocenters. The lowest BCUT2D eigenvalue weighted by Crippen LogP contribution is -2.42. The third-order valence-electron chi connectivity index (χ3n) is 6.48. The Morgan fingerprint density at radius 2 is 1.64 bits per heavy atom. The van der Waals surface area contributed by atoms with E-state index < -0.39 is 11.9 Å². The molecule has 2 saturated carbocycles. The third-order valence-corrected chi connectivity index (χ3v) is 6.48. The molecule has 2 aliphatic rings. The van der Waals surface area contributed by atoms with Crippen molar-refractivity contribution in [1.29, 1.82) is 0 Å². The van der Waals surface area contributed by atoms with E-state index in [2.05, 4.69) is 43.4 Å². The van der Waals surface area contributed by atoms with E-state index in [1.807, 2.05) is 6.92 Å². The highest BCUT2D eigenvalue weighted by molar-refractivity contribution is 5.86. The van der Waals surface area contributed by atoms with E-state index in [4.69, 9.17) is 0 Å². The number of fused-ring (bicyclic) bond motifs is 2. The third kappa shape index (κ3) is 3.44. The lowest BCUT2D eigenvalue weighted by Gasteiger charge is -2.28. The monoisotopic (exact) mass is 343 g/mol. The molecule has 0 unspecified atom stereocenters. The van der Waals surface area contributed by atoms with Crippen LogP contribution < -0.4 is 5.32 Å². The largest absolute Gasteiger partial charge is 0.481 e. The van der Waals surface area contributed by atoms with E-state index in [0.717, 1.165) is 31.2 Å². The van der Waals surface area contributed by atoms with Crippen molar-refractivity contribution in [2.45, 2.75) is 58.4 Å². The molecule has 0 saturated heterocycles. The Kier molecular flexibility index (Phi) is 5.16. The van der Waals surface area contributed by atoms with Crippen LogP contribution in [0.5, 0.6) is 0 Å². The summed E-state index contributed by atoms with van der Waals surface area (Å²) in [5.41, 5.74) is 2.37. The summed E-state index contributed by atoms with van der Waals surface area (Å²) >= 11 is 0. The normalized spacial score (nSPS) is 30.0. The molecule has 1 aromatic rings. The molecular weight excluding hydrogens is 314 g/mol. The van der Waals surface area contributed by atoms with Gasteiger partial charge in [-0.1, -0.05) is 38.1 Å². The quantitative estimate of drug-likeness (QED) is 0.816. The molecule has 0 spiro atoms. The van der Waals surface area contributed by atoms with Gasteiger partial charge in [-0.05, 0) is 61.5 Å². The number of rotatable bonds is 6. The molecule has 2 bridgehead atoms. The number of carbonyl (C=O) groups is 2. The number of carbonyl (C=O) groups excluding carboxylic acids is 1. The Hall–Kier alpha value is -1.84. The number of aliphatic carboxylic acids is 1. The maximum Gasteiger partial charge on any atom is 0.307 e. The maximum absolute atomic E-state index is 12.8. The zero-order valence-corrected chi connectivity index (χ0v) is 15.4. The van der Waals surface area contributed by atoms with Crippen molar-refractivity contribution in [3.8, 4) is 0 Å². The van der Waals surface area contributed by atoms with Gasteiger partial charge in [-0.25, -0.2) is 0 Å². The zero-order chi connectivity index (χ0) is 18.1. The molecule has 4 heteroatoms. The zero-order valence-electron chi connectivity index (χ0n) is 15.4. The number of benzene rings is 1. The maximum atomic E-state index is 12.8. The number of hydrogen-bond donors (Lipinski definition) is 2. The summed E-state index contributed by atoms with van der Waals surface area (Å²) < 4.78 is 0. The van der Waals surface area contributed by atoms with Gasteiger partial charge in [-0.2, -0.15) is 0 Å². The van der Waals surface area contributed by atoms with Crippen LogP contribution in [0.2, 0.25) is 0 Å². The Morgan fingerprint density at radius 1 is 1.08 bits per heavy atom. The SMILES string of the molecule is CC[C@H](C)c1ccc([C@H](C)NC(=O)[C@H]2[C@H]3CC[C@@H](C3)[C@H]2C(=O)O)cc1. The van der Waals surface area contributed by atoms with E-state index in [0.29, 0.717) is 5.92 Å². The number of amides is 1. The van der Waals surface area contributed by atoms with Crippen LogP contribution in [0.3, 0.4) is 0 Å². The second-order valence-electron chi connectivity index (χ2n) is 7.93. The van der Waals surface area contributed by atoms with Gasteiger partial charge in [0, 0.05) is 0 Å². The molecule has 0 heterocycles. The van der Waals surface area contributed by atoms with Crippen molar-refractivity contribution < 1.29 is 14.7 Å². The highest BCUT2D eigenvalue weighted by Gasteiger charge is 2.54. The van der Waals surface area contributed by atoms with E-state index in [-0.39, 0.29) is 29.7 Å². The fourth-order valence-electron chi connectivity index (χ4n) is 4.77. The first-order chi connectivity index (χ1) is 11.9. The molecule has 3 rings (SSSR count). The average molecular weight is 343 g/mol. The second-order valence-corrected chi connectivity index (χ2v) is 7.93. The lowest BCUT2D eigenvalue weighted by molar-refractivity contribution is -0.149. The van der Waals surface area contributed by atoms with Crippen LogP contribution in [-0.4, -0.2) is 17.0 Å². The van der Waals surface area contributed by atoms with E-state index in [1.54, 1.807) is 0 Å². The fraction of sp³-hybridized carbons (Fsp3) is 0.619. The van der Waals surface area contributed by atoms with Gasteiger partial charge in [0.25, 0.3) is 0 Å². The Balaban J connectivity index is 1.67. The predicted molar refractivity (Wildman–Crippen MR) is 97.2 cm³/mol. The van der Waals surface area contributed by atoms with Crippen molar-refractivity contribution in [3.05, 3.63) is 35.4 Å². The average Bonchev–Trinajstić information content (AvgIpc) is 3.22.